The van der Waals surface area contributed by atoms with Crippen molar-refractivity contribution in [3.8, 4) is 0 Å². The SMILES string of the molecule is CCCCC1CCC(C(=O)Cc2ncnn2C(C)C)CC1. The monoisotopic (exact) mass is 291 g/mol. The Kier molecular flexibility index (Phi) is 5.95. The minimum atomic E-state index is 0.250. The lowest BCUT2D eigenvalue weighted by atomic mass is 9.77. The van der Waals surface area contributed by atoms with Crippen molar-refractivity contribution < 1.29 is 4.79 Å². The lowest BCUT2D eigenvalue weighted by Gasteiger charge is -2.27. The van der Waals surface area contributed by atoms with Gasteiger partial charge >= 0.3 is 0 Å². The first kappa shape index (κ1) is 16.2. The molecule has 0 aromatic carbocycles. The predicted molar refractivity (Wildman–Crippen MR) is 84.1 cm³/mol. The van der Waals surface area contributed by atoms with Crippen LogP contribution in [-0.2, 0) is 11.2 Å². The molecule has 2 rings (SSSR count). The quantitative estimate of drug-likeness (QED) is 0.763. The van der Waals surface area contributed by atoms with E-state index in [1.807, 2.05) is 4.68 Å². The summed E-state index contributed by atoms with van der Waals surface area (Å²) in [4.78, 5) is 16.7. The standard InChI is InChI=1S/C17H29N3O/c1-4-5-6-14-7-9-15(10-8-14)16(21)11-17-18-12-19-20(17)13(2)3/h12-15H,4-11H2,1-3H3. The molecular weight excluding hydrogens is 262 g/mol. The summed E-state index contributed by atoms with van der Waals surface area (Å²) in [6.45, 7) is 6.39. The van der Waals surface area contributed by atoms with E-state index >= 15 is 0 Å². The largest absolute Gasteiger partial charge is 0.299 e. The van der Waals surface area contributed by atoms with Gasteiger partial charge < -0.3 is 0 Å². The number of Topliss-reactive ketones (excluding diaryl/α,β-unsaturated/α-hetero) is 1. The number of unbranched alkanes of at least 4 members (excludes halogenated alkanes) is 1. The molecular formula is C17H29N3O. The van der Waals surface area contributed by atoms with Gasteiger partial charge in [-0.05, 0) is 45.4 Å². The molecule has 1 fully saturated rings. The summed E-state index contributed by atoms with van der Waals surface area (Å²) in [5.74, 6) is 2.29. The average molecular weight is 291 g/mol. The van der Waals surface area contributed by atoms with Crippen LogP contribution in [0.5, 0.6) is 0 Å². The van der Waals surface area contributed by atoms with E-state index in [0.717, 1.165) is 24.6 Å². The maximum absolute atomic E-state index is 12.5. The topological polar surface area (TPSA) is 47.8 Å². The van der Waals surface area contributed by atoms with E-state index in [4.69, 9.17) is 0 Å². The average Bonchev–Trinajstić information content (AvgIpc) is 2.94. The summed E-state index contributed by atoms with van der Waals surface area (Å²) in [5, 5.41) is 4.21. The van der Waals surface area contributed by atoms with Crippen molar-refractivity contribution in [3.05, 3.63) is 12.2 Å². The molecule has 118 valence electrons. The molecule has 0 bridgehead atoms. The maximum atomic E-state index is 12.5. The van der Waals surface area contributed by atoms with Gasteiger partial charge in [0, 0.05) is 12.0 Å². The molecule has 0 spiro atoms. The summed E-state index contributed by atoms with van der Waals surface area (Å²) < 4.78 is 1.87. The molecule has 4 nitrogen and oxygen atoms in total. The van der Waals surface area contributed by atoms with Crippen LogP contribution in [0.25, 0.3) is 0 Å². The van der Waals surface area contributed by atoms with Crippen LogP contribution in [0.4, 0.5) is 0 Å². The Morgan fingerprint density at radius 3 is 2.67 bits per heavy atom. The van der Waals surface area contributed by atoms with Crippen molar-refractivity contribution in [2.45, 2.75) is 78.2 Å². The third-order valence-corrected chi connectivity index (χ3v) is 4.74. The molecule has 0 atom stereocenters. The van der Waals surface area contributed by atoms with Crippen LogP contribution in [0.1, 0.15) is 77.6 Å². The van der Waals surface area contributed by atoms with E-state index in [1.54, 1.807) is 6.33 Å². The molecule has 0 saturated heterocycles. The van der Waals surface area contributed by atoms with Gasteiger partial charge in [-0.25, -0.2) is 9.67 Å². The molecule has 1 aromatic rings. The first-order chi connectivity index (χ1) is 10.1. The summed E-state index contributed by atoms with van der Waals surface area (Å²) in [7, 11) is 0. The van der Waals surface area contributed by atoms with Crippen LogP contribution in [-0.4, -0.2) is 20.5 Å². The Bertz CT molecular complexity index is 445. The van der Waals surface area contributed by atoms with Crippen LogP contribution in [0, 0.1) is 11.8 Å². The van der Waals surface area contributed by atoms with E-state index < -0.39 is 0 Å². The summed E-state index contributed by atoms with van der Waals surface area (Å²) in [6, 6.07) is 0.264. The highest BCUT2D eigenvalue weighted by Crippen LogP contribution is 2.32. The second-order valence-electron chi connectivity index (χ2n) is 6.72. The molecule has 4 heteroatoms. The normalized spacial score (nSPS) is 22.7. The smallest absolute Gasteiger partial charge is 0.143 e. The minimum absolute atomic E-state index is 0.250. The van der Waals surface area contributed by atoms with Gasteiger partial charge in [0.2, 0.25) is 0 Å². The number of hydrogen-bond donors (Lipinski definition) is 0. The molecule has 1 aliphatic carbocycles. The van der Waals surface area contributed by atoms with Gasteiger partial charge in [-0.2, -0.15) is 5.10 Å². The molecule has 0 unspecified atom stereocenters. The van der Waals surface area contributed by atoms with Gasteiger partial charge in [-0.1, -0.05) is 26.2 Å². The van der Waals surface area contributed by atoms with Crippen molar-refractivity contribution >= 4 is 5.78 Å². The van der Waals surface area contributed by atoms with Gasteiger partial charge in [0.05, 0.1) is 6.42 Å². The first-order valence-corrected chi connectivity index (χ1v) is 8.52. The van der Waals surface area contributed by atoms with E-state index in [0.29, 0.717) is 12.2 Å². The number of carbonyl (C=O) groups excluding carboxylic acids is 1. The van der Waals surface area contributed by atoms with Crippen LogP contribution >= 0.6 is 0 Å². The molecule has 0 radical (unpaired) electrons. The predicted octanol–water partition coefficient (Wildman–Crippen LogP) is 3.97. The Morgan fingerprint density at radius 2 is 2.05 bits per heavy atom. The number of carbonyl (C=O) groups is 1. The van der Waals surface area contributed by atoms with Crippen LogP contribution in [0.15, 0.2) is 6.33 Å². The zero-order chi connectivity index (χ0) is 15.2. The fraction of sp³-hybridized carbons (Fsp3) is 0.824. The molecule has 1 aliphatic rings. The van der Waals surface area contributed by atoms with Gasteiger partial charge in [-0.15, -0.1) is 0 Å². The molecule has 0 amide bonds. The number of ketones is 1. The van der Waals surface area contributed by atoms with Crippen molar-refractivity contribution in [2.75, 3.05) is 0 Å². The van der Waals surface area contributed by atoms with Gasteiger partial charge in [0.1, 0.15) is 17.9 Å². The summed E-state index contributed by atoms with van der Waals surface area (Å²) in [6.07, 6.45) is 10.6. The molecule has 0 N–H and O–H groups in total. The lowest BCUT2D eigenvalue weighted by molar-refractivity contribution is -0.123. The molecule has 1 heterocycles. The zero-order valence-corrected chi connectivity index (χ0v) is 13.7. The van der Waals surface area contributed by atoms with Crippen molar-refractivity contribution in [3.63, 3.8) is 0 Å². The number of rotatable bonds is 7. The third kappa shape index (κ3) is 4.39. The lowest BCUT2D eigenvalue weighted by Crippen LogP contribution is -2.24. The molecule has 1 saturated carbocycles. The van der Waals surface area contributed by atoms with E-state index in [9.17, 15) is 4.79 Å². The van der Waals surface area contributed by atoms with Crippen molar-refractivity contribution in [1.29, 1.82) is 0 Å². The van der Waals surface area contributed by atoms with Crippen LogP contribution in [0.3, 0.4) is 0 Å². The highest BCUT2D eigenvalue weighted by atomic mass is 16.1. The van der Waals surface area contributed by atoms with E-state index in [-0.39, 0.29) is 12.0 Å². The highest BCUT2D eigenvalue weighted by molar-refractivity contribution is 5.82. The van der Waals surface area contributed by atoms with Gasteiger partial charge in [-0.3, -0.25) is 4.79 Å². The number of nitrogens with zero attached hydrogens (tertiary/aromatic N) is 3. The summed E-state index contributed by atoms with van der Waals surface area (Å²) in [5.41, 5.74) is 0. The Balaban J connectivity index is 1.83. The fourth-order valence-corrected chi connectivity index (χ4v) is 3.40. The Labute approximate surface area is 128 Å². The van der Waals surface area contributed by atoms with E-state index in [2.05, 4.69) is 30.9 Å². The second kappa shape index (κ2) is 7.71. The first-order valence-electron chi connectivity index (χ1n) is 8.52. The minimum Gasteiger partial charge on any atom is -0.299 e. The molecule has 21 heavy (non-hydrogen) atoms. The third-order valence-electron chi connectivity index (χ3n) is 4.74. The van der Waals surface area contributed by atoms with Crippen molar-refractivity contribution in [2.24, 2.45) is 11.8 Å². The Morgan fingerprint density at radius 1 is 1.33 bits per heavy atom. The highest BCUT2D eigenvalue weighted by Gasteiger charge is 2.27. The maximum Gasteiger partial charge on any atom is 0.143 e. The van der Waals surface area contributed by atoms with Crippen LogP contribution < -0.4 is 0 Å². The van der Waals surface area contributed by atoms with Gasteiger partial charge in [0.25, 0.3) is 0 Å². The Hall–Kier alpha value is -1.19. The fourth-order valence-electron chi connectivity index (χ4n) is 3.40. The van der Waals surface area contributed by atoms with Crippen molar-refractivity contribution in [1.82, 2.24) is 14.8 Å². The number of hydrogen-bond acceptors (Lipinski definition) is 3. The number of aromatic nitrogens is 3. The van der Waals surface area contributed by atoms with Crippen LogP contribution in [0.2, 0.25) is 0 Å². The summed E-state index contributed by atoms with van der Waals surface area (Å²) >= 11 is 0. The second-order valence-corrected chi connectivity index (χ2v) is 6.72. The van der Waals surface area contributed by atoms with Gasteiger partial charge in [0.15, 0.2) is 0 Å². The molecule has 1 aromatic heterocycles. The molecule has 0 aliphatic heterocycles. The van der Waals surface area contributed by atoms with E-state index in [1.165, 1.54) is 32.1 Å². The zero-order valence-electron chi connectivity index (χ0n) is 13.7.